The Balaban J connectivity index is 1.38. The molecule has 1 amide bonds. The summed E-state index contributed by atoms with van der Waals surface area (Å²) in [6.07, 6.45) is 0.276. The van der Waals surface area contributed by atoms with Gasteiger partial charge in [0.2, 0.25) is 5.91 Å². The Kier molecular flexibility index (Phi) is 6.05. The second-order valence-electron chi connectivity index (χ2n) is 8.05. The lowest BCUT2D eigenvalue weighted by Gasteiger charge is -2.42. The number of carbonyl (C=O) groups excluding carboxylic acids is 1. The van der Waals surface area contributed by atoms with Crippen LogP contribution in [0.15, 0.2) is 95.5 Å². The monoisotopic (exact) mass is 453 g/mol. The number of allylic oxidation sites excluding steroid dienone is 1. The summed E-state index contributed by atoms with van der Waals surface area (Å²) < 4.78 is 5.98. The van der Waals surface area contributed by atoms with Gasteiger partial charge in [-0.1, -0.05) is 72.4 Å². The molecule has 5 nitrogen and oxygen atoms in total. The maximum Gasteiger partial charge on any atom is 0.229 e. The normalized spacial score (nSPS) is 18.0. The number of ether oxygens (including phenoxy) is 1. The van der Waals surface area contributed by atoms with Crippen molar-refractivity contribution in [2.24, 2.45) is 0 Å². The van der Waals surface area contributed by atoms with Crippen molar-refractivity contribution in [3.63, 3.8) is 0 Å². The molecule has 0 bridgehead atoms. The third-order valence-electron chi connectivity index (χ3n) is 5.92. The van der Waals surface area contributed by atoms with E-state index < -0.39 is 0 Å². The molecule has 0 spiro atoms. The van der Waals surface area contributed by atoms with E-state index in [0.717, 1.165) is 27.6 Å². The van der Waals surface area contributed by atoms with Crippen molar-refractivity contribution in [1.82, 2.24) is 4.90 Å². The highest BCUT2D eigenvalue weighted by Crippen LogP contribution is 2.43. The molecule has 5 rings (SSSR count). The van der Waals surface area contributed by atoms with Gasteiger partial charge in [0.1, 0.15) is 12.4 Å². The van der Waals surface area contributed by atoms with Gasteiger partial charge in [-0.05, 0) is 35.4 Å². The third kappa shape index (κ3) is 4.46. The first-order valence-electron chi connectivity index (χ1n) is 10.9. The quantitative estimate of drug-likeness (QED) is 0.512. The van der Waals surface area contributed by atoms with E-state index in [1.807, 2.05) is 84.9 Å². The summed E-state index contributed by atoms with van der Waals surface area (Å²) in [5.41, 5.74) is 3.75. The Labute approximate surface area is 197 Å². The Hall–Kier alpha value is -3.69. The molecular weight excluding hydrogens is 430 g/mol. The van der Waals surface area contributed by atoms with Gasteiger partial charge in [0.15, 0.2) is 0 Å². The number of fused-ring (bicyclic) bond motifs is 1. The standard InChI is InChI=1S/C27H23N3O2S/c28-16-25-24(21-10-7-13-23(14-21)32-17-20-8-3-1-4-9-20)15-26(31)30-18-29(19-33-27(25)30)22-11-5-2-6-12-22/h1-14,24H,15,17-19H2. The maximum atomic E-state index is 13.2. The van der Waals surface area contributed by atoms with E-state index in [0.29, 0.717) is 24.7 Å². The molecule has 0 N–H and O–H groups in total. The van der Waals surface area contributed by atoms with Crippen LogP contribution < -0.4 is 9.64 Å². The van der Waals surface area contributed by atoms with Crippen LogP contribution in [0.3, 0.4) is 0 Å². The minimum Gasteiger partial charge on any atom is -0.489 e. The van der Waals surface area contributed by atoms with Gasteiger partial charge < -0.3 is 9.64 Å². The van der Waals surface area contributed by atoms with E-state index >= 15 is 0 Å². The first kappa shape index (κ1) is 21.2. The van der Waals surface area contributed by atoms with Crippen LogP contribution in [0.2, 0.25) is 0 Å². The molecule has 1 atom stereocenters. The van der Waals surface area contributed by atoms with Crippen LogP contribution in [0.25, 0.3) is 0 Å². The molecule has 3 aromatic carbocycles. The molecule has 2 aliphatic heterocycles. The van der Waals surface area contributed by atoms with Crippen molar-refractivity contribution in [3.8, 4) is 11.8 Å². The Morgan fingerprint density at radius 2 is 1.76 bits per heavy atom. The molecule has 1 fully saturated rings. The summed E-state index contributed by atoms with van der Waals surface area (Å²) in [7, 11) is 0. The number of carbonyl (C=O) groups is 1. The number of para-hydroxylation sites is 1. The van der Waals surface area contributed by atoms with Crippen molar-refractivity contribution < 1.29 is 9.53 Å². The fourth-order valence-electron chi connectivity index (χ4n) is 4.21. The molecule has 0 aliphatic carbocycles. The highest BCUT2D eigenvalue weighted by atomic mass is 32.2. The predicted molar refractivity (Wildman–Crippen MR) is 130 cm³/mol. The van der Waals surface area contributed by atoms with Crippen molar-refractivity contribution in [2.75, 3.05) is 17.4 Å². The molecule has 0 saturated carbocycles. The molecule has 2 heterocycles. The number of hydrogen-bond donors (Lipinski definition) is 0. The summed E-state index contributed by atoms with van der Waals surface area (Å²) in [5.74, 6) is 1.21. The van der Waals surface area contributed by atoms with Crippen LogP contribution in [0, 0.1) is 11.3 Å². The smallest absolute Gasteiger partial charge is 0.229 e. The highest BCUT2D eigenvalue weighted by molar-refractivity contribution is 8.03. The highest BCUT2D eigenvalue weighted by Gasteiger charge is 2.38. The van der Waals surface area contributed by atoms with E-state index in [9.17, 15) is 10.1 Å². The zero-order chi connectivity index (χ0) is 22.6. The second-order valence-corrected chi connectivity index (χ2v) is 8.98. The second kappa shape index (κ2) is 9.43. The van der Waals surface area contributed by atoms with Gasteiger partial charge in [0.25, 0.3) is 0 Å². The lowest BCUT2D eigenvalue weighted by molar-refractivity contribution is -0.129. The van der Waals surface area contributed by atoms with Crippen molar-refractivity contribution in [1.29, 1.82) is 5.26 Å². The van der Waals surface area contributed by atoms with E-state index in [-0.39, 0.29) is 18.2 Å². The number of nitrogens with zero attached hydrogens (tertiary/aromatic N) is 3. The largest absolute Gasteiger partial charge is 0.489 e. The number of rotatable bonds is 5. The third-order valence-corrected chi connectivity index (χ3v) is 7.08. The van der Waals surface area contributed by atoms with Gasteiger partial charge in [-0.2, -0.15) is 5.26 Å². The zero-order valence-corrected chi connectivity index (χ0v) is 18.9. The van der Waals surface area contributed by atoms with Crippen LogP contribution in [-0.4, -0.2) is 23.4 Å². The predicted octanol–water partition coefficient (Wildman–Crippen LogP) is 5.49. The van der Waals surface area contributed by atoms with Crippen LogP contribution in [0.1, 0.15) is 23.5 Å². The van der Waals surface area contributed by atoms with Crippen LogP contribution >= 0.6 is 11.8 Å². The molecule has 3 aromatic rings. The lowest BCUT2D eigenvalue weighted by Crippen LogP contribution is -2.47. The molecule has 0 radical (unpaired) electrons. The van der Waals surface area contributed by atoms with Crippen LogP contribution in [-0.2, 0) is 11.4 Å². The fourth-order valence-corrected chi connectivity index (χ4v) is 5.38. The fraction of sp³-hybridized carbons (Fsp3) is 0.185. The first-order valence-corrected chi connectivity index (χ1v) is 11.9. The average Bonchev–Trinajstić information content (AvgIpc) is 2.88. The molecule has 1 unspecified atom stereocenters. The Morgan fingerprint density at radius 3 is 2.52 bits per heavy atom. The van der Waals surface area contributed by atoms with E-state index in [1.165, 1.54) is 0 Å². The molecule has 1 saturated heterocycles. The number of thioether (sulfide) groups is 1. The van der Waals surface area contributed by atoms with Gasteiger partial charge in [-0.15, -0.1) is 0 Å². The number of benzene rings is 3. The Bertz CT molecular complexity index is 1220. The lowest BCUT2D eigenvalue weighted by atomic mass is 9.86. The topological polar surface area (TPSA) is 56.6 Å². The average molecular weight is 454 g/mol. The van der Waals surface area contributed by atoms with Crippen LogP contribution in [0.4, 0.5) is 5.69 Å². The minimum atomic E-state index is -0.259. The maximum absolute atomic E-state index is 13.2. The number of anilines is 1. The zero-order valence-electron chi connectivity index (χ0n) is 18.1. The molecule has 164 valence electrons. The van der Waals surface area contributed by atoms with Crippen LogP contribution in [0.5, 0.6) is 5.75 Å². The van der Waals surface area contributed by atoms with Gasteiger partial charge in [-0.25, -0.2) is 0 Å². The number of hydrogen-bond acceptors (Lipinski definition) is 5. The van der Waals surface area contributed by atoms with Crippen molar-refractivity contribution >= 4 is 23.4 Å². The summed E-state index contributed by atoms with van der Waals surface area (Å²) in [5, 5.41) is 10.8. The first-order chi connectivity index (χ1) is 16.2. The van der Waals surface area contributed by atoms with E-state index in [1.54, 1.807) is 16.7 Å². The molecule has 0 aromatic heterocycles. The van der Waals surface area contributed by atoms with Crippen molar-refractivity contribution in [2.45, 2.75) is 18.9 Å². The van der Waals surface area contributed by atoms with Gasteiger partial charge in [0.05, 0.1) is 29.2 Å². The van der Waals surface area contributed by atoms with Gasteiger partial charge in [0, 0.05) is 18.0 Å². The number of amides is 1. The van der Waals surface area contributed by atoms with Gasteiger partial charge >= 0.3 is 0 Å². The number of nitriles is 1. The van der Waals surface area contributed by atoms with E-state index in [4.69, 9.17) is 4.74 Å². The molecule has 33 heavy (non-hydrogen) atoms. The summed E-state index contributed by atoms with van der Waals surface area (Å²) in [6, 6.07) is 30.2. The minimum absolute atomic E-state index is 0.0396. The Morgan fingerprint density at radius 1 is 1.00 bits per heavy atom. The van der Waals surface area contributed by atoms with Gasteiger partial charge in [-0.3, -0.25) is 9.69 Å². The summed E-state index contributed by atoms with van der Waals surface area (Å²) in [6.45, 7) is 0.933. The molecular formula is C27H23N3O2S. The van der Waals surface area contributed by atoms with E-state index in [2.05, 4.69) is 11.0 Å². The summed E-state index contributed by atoms with van der Waals surface area (Å²) >= 11 is 1.55. The molecule has 6 heteroatoms. The SMILES string of the molecule is N#CC1=C2SCN(c3ccccc3)CN2C(=O)CC1c1cccc(OCc2ccccc2)c1. The summed E-state index contributed by atoms with van der Waals surface area (Å²) in [4.78, 5) is 17.1. The van der Waals surface area contributed by atoms with Crippen molar-refractivity contribution in [3.05, 3.63) is 107 Å². The molecule has 2 aliphatic rings.